The van der Waals surface area contributed by atoms with Crippen molar-refractivity contribution >= 4 is 22.7 Å². The van der Waals surface area contributed by atoms with Gasteiger partial charge in [0.25, 0.3) is 0 Å². The van der Waals surface area contributed by atoms with Gasteiger partial charge in [-0.25, -0.2) is 4.21 Å². The molecule has 0 aliphatic heterocycles. The first kappa shape index (κ1) is 12.4. The van der Waals surface area contributed by atoms with Crippen LogP contribution in [0.15, 0.2) is 42.0 Å². The van der Waals surface area contributed by atoms with Crippen LogP contribution in [0, 0.1) is 0 Å². The van der Waals surface area contributed by atoms with Crippen molar-refractivity contribution in [1.82, 2.24) is 0 Å². The Morgan fingerprint density at radius 2 is 2.13 bits per heavy atom. The fourth-order valence-corrected chi connectivity index (χ4v) is 1.83. The van der Waals surface area contributed by atoms with Crippen LogP contribution in [0.2, 0.25) is 0 Å². The van der Waals surface area contributed by atoms with E-state index < -0.39 is 11.1 Å². The molecule has 2 nitrogen and oxygen atoms in total. The molecule has 0 aromatic heterocycles. The Morgan fingerprint density at radius 3 is 2.67 bits per heavy atom. The fraction of sp³-hybridized carbons (Fsp3) is 0.273. The Bertz CT molecular complexity index is 362. The van der Waals surface area contributed by atoms with Crippen LogP contribution in [-0.2, 0) is 11.1 Å². The summed E-state index contributed by atoms with van der Waals surface area (Å²) in [7, 11) is 0. The molecule has 0 saturated heterocycles. The number of benzene rings is 1. The number of hydrogen-bond donors (Lipinski definition) is 1. The molecule has 0 radical (unpaired) electrons. The highest BCUT2D eigenvalue weighted by molar-refractivity contribution is 7.79. The van der Waals surface area contributed by atoms with Gasteiger partial charge in [-0.1, -0.05) is 42.0 Å². The second-order valence-corrected chi connectivity index (χ2v) is 4.62. The summed E-state index contributed by atoms with van der Waals surface area (Å²) in [6.07, 6.45) is 1.70. The lowest BCUT2D eigenvalue weighted by Crippen LogP contribution is -1.96. The van der Waals surface area contributed by atoms with Crippen LogP contribution < -0.4 is 0 Å². The van der Waals surface area contributed by atoms with E-state index >= 15 is 0 Å². The highest BCUT2D eigenvalue weighted by Crippen LogP contribution is 2.27. The van der Waals surface area contributed by atoms with Crippen molar-refractivity contribution < 1.29 is 8.76 Å². The Morgan fingerprint density at radius 1 is 1.53 bits per heavy atom. The Hall–Kier alpha value is -0.640. The van der Waals surface area contributed by atoms with E-state index in [2.05, 4.69) is 0 Å². The van der Waals surface area contributed by atoms with Crippen molar-refractivity contribution in [3.05, 3.63) is 47.5 Å². The van der Waals surface area contributed by atoms with Gasteiger partial charge in [0.2, 0.25) is 0 Å². The predicted molar refractivity (Wildman–Crippen MR) is 64.4 cm³/mol. The standard InChI is InChI=1S/C11H13ClO2S/c1-9(7-8-15(13)14)11(12)10-5-3-2-4-6-10/h2-7,11H,8H2,1H3,(H,13,14). The molecule has 1 rings (SSSR count). The smallest absolute Gasteiger partial charge is 0.156 e. The molecule has 1 N–H and O–H groups in total. The largest absolute Gasteiger partial charge is 0.306 e. The Labute approximate surface area is 97.2 Å². The summed E-state index contributed by atoms with van der Waals surface area (Å²) in [5.41, 5.74) is 1.89. The quantitative estimate of drug-likeness (QED) is 0.502. The molecule has 2 atom stereocenters. The van der Waals surface area contributed by atoms with Crippen LogP contribution in [0.5, 0.6) is 0 Å². The highest BCUT2D eigenvalue weighted by atomic mass is 35.5. The van der Waals surface area contributed by atoms with Crippen molar-refractivity contribution in [3.63, 3.8) is 0 Å². The van der Waals surface area contributed by atoms with Crippen molar-refractivity contribution in [3.8, 4) is 0 Å². The molecule has 1 aromatic carbocycles. The van der Waals surface area contributed by atoms with E-state index in [1.54, 1.807) is 6.08 Å². The summed E-state index contributed by atoms with van der Waals surface area (Å²) in [5, 5.41) is -0.227. The molecular formula is C11H13ClO2S. The van der Waals surface area contributed by atoms with Crippen LogP contribution in [0.3, 0.4) is 0 Å². The van der Waals surface area contributed by atoms with E-state index in [-0.39, 0.29) is 11.1 Å². The normalized spacial score (nSPS) is 16.1. The van der Waals surface area contributed by atoms with Crippen molar-refractivity contribution in [2.75, 3.05) is 5.75 Å². The van der Waals surface area contributed by atoms with Crippen molar-refractivity contribution in [1.29, 1.82) is 0 Å². The first-order valence-corrected chi connectivity index (χ1v) is 6.25. The van der Waals surface area contributed by atoms with Gasteiger partial charge in [0, 0.05) is 0 Å². The van der Waals surface area contributed by atoms with E-state index in [9.17, 15) is 4.21 Å². The third-order valence-corrected chi connectivity index (χ3v) is 3.09. The predicted octanol–water partition coefficient (Wildman–Crippen LogP) is 3.13. The molecule has 0 saturated carbocycles. The molecule has 0 bridgehead atoms. The van der Waals surface area contributed by atoms with Crippen LogP contribution in [0.4, 0.5) is 0 Å². The topological polar surface area (TPSA) is 37.3 Å². The lowest BCUT2D eigenvalue weighted by Gasteiger charge is -2.09. The van der Waals surface area contributed by atoms with Gasteiger partial charge in [-0.05, 0) is 12.5 Å². The summed E-state index contributed by atoms with van der Waals surface area (Å²) in [6, 6.07) is 9.63. The molecule has 0 aliphatic rings. The molecule has 0 aliphatic carbocycles. The number of allylic oxidation sites excluding steroid dienone is 1. The van der Waals surface area contributed by atoms with E-state index in [1.807, 2.05) is 37.3 Å². The summed E-state index contributed by atoms with van der Waals surface area (Å²) >= 11 is 4.40. The molecule has 0 amide bonds. The summed E-state index contributed by atoms with van der Waals surface area (Å²) < 4.78 is 19.1. The minimum atomic E-state index is -1.79. The number of halogens is 1. The third kappa shape index (κ3) is 4.16. The van der Waals surface area contributed by atoms with E-state index in [4.69, 9.17) is 16.2 Å². The van der Waals surface area contributed by atoms with Gasteiger partial charge in [0.15, 0.2) is 11.1 Å². The molecule has 2 unspecified atom stereocenters. The second kappa shape index (κ2) is 6.05. The van der Waals surface area contributed by atoms with E-state index in [1.165, 1.54) is 0 Å². The Balaban J connectivity index is 2.72. The van der Waals surface area contributed by atoms with Gasteiger partial charge in [-0.15, -0.1) is 11.6 Å². The SMILES string of the molecule is CC(=CCS(=O)O)C(Cl)c1ccccc1. The maximum atomic E-state index is 10.5. The lowest BCUT2D eigenvalue weighted by molar-refractivity contribution is 0.567. The zero-order valence-electron chi connectivity index (χ0n) is 8.39. The maximum Gasteiger partial charge on any atom is 0.156 e. The first-order valence-electron chi connectivity index (χ1n) is 4.54. The molecule has 82 valence electrons. The zero-order valence-corrected chi connectivity index (χ0v) is 9.96. The maximum absolute atomic E-state index is 10.5. The van der Waals surface area contributed by atoms with Gasteiger partial charge in [0.05, 0.1) is 11.1 Å². The monoisotopic (exact) mass is 244 g/mol. The van der Waals surface area contributed by atoms with Gasteiger partial charge in [-0.2, -0.15) is 0 Å². The summed E-state index contributed by atoms with van der Waals surface area (Å²) in [5.74, 6) is 0.127. The average molecular weight is 245 g/mol. The van der Waals surface area contributed by atoms with Gasteiger partial charge in [-0.3, -0.25) is 0 Å². The number of rotatable bonds is 4. The van der Waals surface area contributed by atoms with Crippen LogP contribution in [0.25, 0.3) is 0 Å². The van der Waals surface area contributed by atoms with Crippen LogP contribution in [0.1, 0.15) is 17.9 Å². The number of hydrogen-bond acceptors (Lipinski definition) is 1. The van der Waals surface area contributed by atoms with Crippen molar-refractivity contribution in [2.24, 2.45) is 0 Å². The van der Waals surface area contributed by atoms with Gasteiger partial charge < -0.3 is 4.55 Å². The second-order valence-electron chi connectivity index (χ2n) is 3.21. The van der Waals surface area contributed by atoms with Crippen LogP contribution in [-0.4, -0.2) is 14.5 Å². The van der Waals surface area contributed by atoms with E-state index in [0.717, 1.165) is 11.1 Å². The molecule has 0 fully saturated rings. The fourth-order valence-electron chi connectivity index (χ4n) is 1.19. The molecule has 15 heavy (non-hydrogen) atoms. The van der Waals surface area contributed by atoms with Crippen molar-refractivity contribution in [2.45, 2.75) is 12.3 Å². The molecule has 1 aromatic rings. The number of alkyl halides is 1. The molecule has 0 heterocycles. The van der Waals surface area contributed by atoms with Gasteiger partial charge in [0.1, 0.15) is 0 Å². The average Bonchev–Trinajstić information content (AvgIpc) is 2.26. The van der Waals surface area contributed by atoms with Gasteiger partial charge >= 0.3 is 0 Å². The highest BCUT2D eigenvalue weighted by Gasteiger charge is 2.08. The molecular weight excluding hydrogens is 232 g/mol. The minimum Gasteiger partial charge on any atom is -0.306 e. The Kier molecular flexibility index (Phi) is 5.02. The minimum absolute atomic E-state index is 0.127. The summed E-state index contributed by atoms with van der Waals surface area (Å²) in [6.45, 7) is 1.86. The molecule has 4 heteroatoms. The molecule has 0 spiro atoms. The zero-order chi connectivity index (χ0) is 11.3. The lowest BCUT2D eigenvalue weighted by atomic mass is 10.1. The third-order valence-electron chi connectivity index (χ3n) is 2.04. The summed E-state index contributed by atoms with van der Waals surface area (Å²) in [4.78, 5) is 0. The first-order chi connectivity index (χ1) is 7.11. The van der Waals surface area contributed by atoms with E-state index in [0.29, 0.717) is 0 Å². The van der Waals surface area contributed by atoms with Crippen LogP contribution >= 0.6 is 11.6 Å².